The number of ether oxygens (including phenoxy) is 4. The summed E-state index contributed by atoms with van der Waals surface area (Å²) in [4.78, 5) is 2.19. The van der Waals surface area contributed by atoms with E-state index in [2.05, 4.69) is 18.0 Å². The number of benzene rings is 3. The molecule has 0 spiro atoms. The number of rotatable bonds is 4. The molecule has 6 nitrogen and oxygen atoms in total. The molecule has 27 heavy (non-hydrogen) atoms. The number of aromatic hydroxyl groups is 1. The summed E-state index contributed by atoms with van der Waals surface area (Å²) in [6.07, 6.45) is 0.727. The van der Waals surface area contributed by atoms with E-state index in [-0.39, 0.29) is 5.75 Å². The third-order valence-corrected chi connectivity index (χ3v) is 5.38. The van der Waals surface area contributed by atoms with Crippen molar-refractivity contribution in [3.8, 4) is 28.7 Å². The topological polar surface area (TPSA) is 60.4 Å². The van der Waals surface area contributed by atoms with E-state index in [9.17, 15) is 5.11 Å². The Bertz CT molecular complexity index is 1060. The zero-order chi connectivity index (χ0) is 19.3. The minimum absolute atomic E-state index is 0.149. The van der Waals surface area contributed by atoms with Crippen molar-refractivity contribution in [1.82, 2.24) is 0 Å². The molecule has 3 aromatic rings. The van der Waals surface area contributed by atoms with Gasteiger partial charge in [-0.2, -0.15) is 0 Å². The Labute approximate surface area is 157 Å². The first-order valence-corrected chi connectivity index (χ1v) is 8.75. The molecule has 0 unspecified atom stereocenters. The van der Waals surface area contributed by atoms with E-state index in [0.717, 1.165) is 45.8 Å². The summed E-state index contributed by atoms with van der Waals surface area (Å²) in [5.41, 5.74) is 1.93. The van der Waals surface area contributed by atoms with Gasteiger partial charge in [-0.25, -0.2) is 0 Å². The molecule has 0 radical (unpaired) electrons. The average Bonchev–Trinajstić information content (AvgIpc) is 2.69. The maximum Gasteiger partial charge on any atom is 0.204 e. The normalized spacial score (nSPS) is 13.1. The Kier molecular flexibility index (Phi) is 4.06. The van der Waals surface area contributed by atoms with E-state index >= 15 is 0 Å². The molecule has 1 N–H and O–H groups in total. The first kappa shape index (κ1) is 17.4. The first-order valence-electron chi connectivity index (χ1n) is 8.75. The van der Waals surface area contributed by atoms with Crippen LogP contribution in [0.4, 0.5) is 5.69 Å². The number of phenolic OH excluding ortho intramolecular Hbond substituents is 1. The van der Waals surface area contributed by atoms with Gasteiger partial charge in [-0.05, 0) is 35.4 Å². The van der Waals surface area contributed by atoms with Crippen LogP contribution in [0, 0.1) is 0 Å². The van der Waals surface area contributed by atoms with Crippen molar-refractivity contribution < 1.29 is 24.1 Å². The van der Waals surface area contributed by atoms with E-state index < -0.39 is 0 Å². The lowest BCUT2D eigenvalue weighted by atomic mass is 9.90. The van der Waals surface area contributed by atoms with Gasteiger partial charge < -0.3 is 29.0 Å². The number of hydrogen-bond acceptors (Lipinski definition) is 6. The number of nitrogens with zero attached hydrogens (tertiary/aromatic N) is 1. The van der Waals surface area contributed by atoms with Gasteiger partial charge >= 0.3 is 0 Å². The van der Waals surface area contributed by atoms with E-state index in [1.807, 2.05) is 12.1 Å². The second kappa shape index (κ2) is 6.30. The van der Waals surface area contributed by atoms with Crippen LogP contribution in [-0.2, 0) is 6.42 Å². The molecule has 3 aromatic carbocycles. The number of hydrogen-bond donors (Lipinski definition) is 1. The van der Waals surface area contributed by atoms with Gasteiger partial charge in [-0.3, -0.25) is 0 Å². The largest absolute Gasteiger partial charge is 0.504 e. The maximum absolute atomic E-state index is 10.8. The van der Waals surface area contributed by atoms with Crippen molar-refractivity contribution in [3.63, 3.8) is 0 Å². The lowest BCUT2D eigenvalue weighted by molar-refractivity contribution is 0.334. The zero-order valence-corrected chi connectivity index (χ0v) is 16.2. The number of phenols is 1. The number of fused-ring (bicyclic) bond motifs is 2. The fourth-order valence-corrected chi connectivity index (χ4v) is 4.06. The Hall–Kier alpha value is -3.02. The summed E-state index contributed by atoms with van der Waals surface area (Å²) in [5, 5.41) is 14.7. The third kappa shape index (κ3) is 2.32. The maximum atomic E-state index is 10.8. The highest BCUT2D eigenvalue weighted by Crippen LogP contribution is 2.53. The average molecular weight is 369 g/mol. The quantitative estimate of drug-likeness (QED) is 0.707. The molecule has 1 aliphatic rings. The van der Waals surface area contributed by atoms with Gasteiger partial charge in [0.25, 0.3) is 0 Å². The van der Waals surface area contributed by atoms with Gasteiger partial charge in [0.05, 0.1) is 28.4 Å². The molecule has 1 heterocycles. The molecule has 0 aliphatic carbocycles. The Morgan fingerprint density at radius 1 is 0.852 bits per heavy atom. The monoisotopic (exact) mass is 369 g/mol. The molecule has 0 aromatic heterocycles. The molecule has 0 saturated carbocycles. The van der Waals surface area contributed by atoms with Crippen molar-refractivity contribution in [2.75, 3.05) is 46.9 Å². The molecule has 0 saturated heterocycles. The van der Waals surface area contributed by atoms with E-state index in [1.54, 1.807) is 28.4 Å². The molecule has 0 amide bonds. The van der Waals surface area contributed by atoms with Crippen LogP contribution in [0.2, 0.25) is 0 Å². The highest BCUT2D eigenvalue weighted by atomic mass is 16.5. The van der Waals surface area contributed by atoms with Crippen molar-refractivity contribution >= 4 is 27.2 Å². The molecule has 0 bridgehead atoms. The van der Waals surface area contributed by atoms with Crippen LogP contribution >= 0.6 is 0 Å². The minimum Gasteiger partial charge on any atom is -0.504 e. The molecule has 1 aliphatic heterocycles. The Balaban J connectivity index is 2.29. The second-order valence-electron chi connectivity index (χ2n) is 6.64. The number of methoxy groups -OCH3 is 4. The summed E-state index contributed by atoms with van der Waals surface area (Å²) in [6, 6.07) is 6.03. The smallest absolute Gasteiger partial charge is 0.204 e. The van der Waals surface area contributed by atoms with Crippen LogP contribution in [0.1, 0.15) is 5.56 Å². The standard InChI is InChI=1S/C21H23NO5/c1-22-7-6-12-17-14(22)8-11-9-15(24-2)16(25-3)10-13(11)18(17)20(26-4)21(27-5)19(12)23/h8-10,23H,6-7H2,1-5H3. The van der Waals surface area contributed by atoms with Crippen molar-refractivity contribution in [2.45, 2.75) is 6.42 Å². The lowest BCUT2D eigenvalue weighted by Crippen LogP contribution is -2.24. The van der Waals surface area contributed by atoms with Gasteiger partial charge in [0, 0.05) is 35.6 Å². The van der Waals surface area contributed by atoms with Crippen LogP contribution in [0.15, 0.2) is 18.2 Å². The fraction of sp³-hybridized carbons (Fsp3) is 0.333. The van der Waals surface area contributed by atoms with E-state index in [1.165, 1.54) is 0 Å². The summed E-state index contributed by atoms with van der Waals surface area (Å²) in [6.45, 7) is 0.809. The predicted molar refractivity (Wildman–Crippen MR) is 106 cm³/mol. The van der Waals surface area contributed by atoms with Gasteiger partial charge in [0.2, 0.25) is 5.75 Å². The van der Waals surface area contributed by atoms with Crippen LogP contribution < -0.4 is 23.8 Å². The van der Waals surface area contributed by atoms with E-state index in [0.29, 0.717) is 23.0 Å². The molecule has 0 atom stereocenters. The molecule has 4 rings (SSSR count). The summed E-state index contributed by atoms with van der Waals surface area (Å²) in [7, 11) is 8.43. The van der Waals surface area contributed by atoms with Gasteiger partial charge in [-0.1, -0.05) is 0 Å². The molecular formula is C21H23NO5. The summed E-state index contributed by atoms with van der Waals surface area (Å²) < 4.78 is 22.2. The highest BCUT2D eigenvalue weighted by molar-refractivity contribution is 6.19. The molecule has 142 valence electrons. The molecule has 6 heteroatoms. The lowest BCUT2D eigenvalue weighted by Gasteiger charge is -2.30. The van der Waals surface area contributed by atoms with Crippen LogP contribution in [0.5, 0.6) is 28.7 Å². The summed E-state index contributed by atoms with van der Waals surface area (Å²) >= 11 is 0. The summed E-state index contributed by atoms with van der Waals surface area (Å²) in [5.74, 6) is 2.33. The fourth-order valence-electron chi connectivity index (χ4n) is 4.06. The minimum atomic E-state index is 0.149. The molecule has 0 fully saturated rings. The second-order valence-corrected chi connectivity index (χ2v) is 6.64. The van der Waals surface area contributed by atoms with Gasteiger partial charge in [0.15, 0.2) is 23.0 Å². The SMILES string of the molecule is COc1cc2cc3c4c(c(O)c(OC)c(OC)c4c2cc1OC)CCN3C. The number of anilines is 1. The number of likely N-dealkylation sites (N-methyl/N-ethyl adjacent to an activating group) is 1. The van der Waals surface area contributed by atoms with Crippen LogP contribution in [0.3, 0.4) is 0 Å². The van der Waals surface area contributed by atoms with Crippen LogP contribution in [-0.4, -0.2) is 47.1 Å². The van der Waals surface area contributed by atoms with Crippen LogP contribution in [0.25, 0.3) is 21.5 Å². The van der Waals surface area contributed by atoms with E-state index in [4.69, 9.17) is 18.9 Å². The van der Waals surface area contributed by atoms with Crippen molar-refractivity contribution in [2.24, 2.45) is 0 Å². The van der Waals surface area contributed by atoms with Gasteiger partial charge in [-0.15, -0.1) is 0 Å². The first-order chi connectivity index (χ1) is 13.0. The zero-order valence-electron chi connectivity index (χ0n) is 16.2. The Morgan fingerprint density at radius 3 is 2.15 bits per heavy atom. The molecular weight excluding hydrogens is 346 g/mol. The van der Waals surface area contributed by atoms with Gasteiger partial charge in [0.1, 0.15) is 0 Å². The van der Waals surface area contributed by atoms with Crippen molar-refractivity contribution in [1.29, 1.82) is 0 Å². The predicted octanol–water partition coefficient (Wildman–Crippen LogP) is 3.73. The highest BCUT2D eigenvalue weighted by Gasteiger charge is 2.28. The third-order valence-electron chi connectivity index (χ3n) is 5.38. The Morgan fingerprint density at radius 2 is 1.52 bits per heavy atom. The van der Waals surface area contributed by atoms with Crippen molar-refractivity contribution in [3.05, 3.63) is 23.8 Å².